The second-order valence-electron chi connectivity index (χ2n) is 19.3. The summed E-state index contributed by atoms with van der Waals surface area (Å²) in [5, 5.41) is 21.9. The topological polar surface area (TPSA) is 126 Å². The van der Waals surface area contributed by atoms with Crippen molar-refractivity contribution in [3.05, 3.63) is 0 Å². The zero-order chi connectivity index (χ0) is 35.6. The normalized spacial score (nSPS) is 48.7. The Bertz CT molecular complexity index is 1400. The standard InChI is InChI=1S/C40H62N2O8/c1-23-17-26(19-42(24(2)43)20-31(45)46)49-34-33(23)37(5)13-14-40-22-39(40)12-11-29(36(3,4)27(39)9-10-28(40)38(37,6)35(34)47)50-32-21-41(15-16-48-32)30(44)18-25-7-8-25/h23,25-29,32-35,47H,7-22H2,1-6H3,(H,45,46)/t23-,26?,27+,28?,29+,32+,33+,34?,35+,37?,38-,39?,40?/m1/s1. The van der Waals surface area contributed by atoms with Crippen LogP contribution in [-0.2, 0) is 28.6 Å². The summed E-state index contributed by atoms with van der Waals surface area (Å²) in [7, 11) is 0. The van der Waals surface area contributed by atoms with E-state index >= 15 is 0 Å². The maximum absolute atomic E-state index is 12.9. The molecule has 2 amide bonds. The van der Waals surface area contributed by atoms with Crippen LogP contribution in [0.5, 0.6) is 0 Å². The van der Waals surface area contributed by atoms with Crippen LogP contribution in [0.25, 0.3) is 0 Å². The third-order valence-electron chi connectivity index (χ3n) is 16.9. The van der Waals surface area contributed by atoms with Crippen LogP contribution in [0.1, 0.15) is 112 Å². The highest BCUT2D eigenvalue weighted by Crippen LogP contribution is 2.89. The number of hydrogen-bond donors (Lipinski definition) is 2. The summed E-state index contributed by atoms with van der Waals surface area (Å²) in [6.07, 6.45) is 10.2. The number of fused-ring (bicyclic) bond motifs is 4. The van der Waals surface area contributed by atoms with Crippen LogP contribution >= 0.6 is 0 Å². The highest BCUT2D eigenvalue weighted by molar-refractivity contribution is 5.79. The lowest BCUT2D eigenvalue weighted by molar-refractivity contribution is -0.248. The Morgan fingerprint density at radius 3 is 2.40 bits per heavy atom. The Kier molecular flexibility index (Phi) is 8.38. The van der Waals surface area contributed by atoms with Crippen LogP contribution in [0.3, 0.4) is 0 Å². The van der Waals surface area contributed by atoms with Crippen molar-refractivity contribution in [3.8, 4) is 0 Å². The van der Waals surface area contributed by atoms with Crippen molar-refractivity contribution < 1.29 is 38.8 Å². The van der Waals surface area contributed by atoms with Gasteiger partial charge in [-0.15, -0.1) is 0 Å². The van der Waals surface area contributed by atoms with Crippen LogP contribution in [0.2, 0.25) is 0 Å². The van der Waals surface area contributed by atoms with Crippen LogP contribution in [-0.4, -0.2) is 101 Å². The zero-order valence-electron chi connectivity index (χ0n) is 31.3. The van der Waals surface area contributed by atoms with Crippen molar-refractivity contribution in [2.75, 3.05) is 32.8 Å². The molecule has 0 aromatic heterocycles. The predicted molar refractivity (Wildman–Crippen MR) is 185 cm³/mol. The molecule has 2 N–H and O–H groups in total. The SMILES string of the molecule is CC(=O)N(CC(=O)O)CC1C[C@@H](C)[C@H]2C(O1)[C@H](O)[C@@]1(C)C3CC[C@H]4C(C)(C)[C@@H](O[C@H]5CN(C(=O)CC6CC6)CCO5)CCC45CC35CCC21C. The molecular weight excluding hydrogens is 636 g/mol. The Morgan fingerprint density at radius 2 is 1.70 bits per heavy atom. The number of morpholine rings is 1. The minimum Gasteiger partial charge on any atom is -0.480 e. The number of carboxylic acids is 1. The van der Waals surface area contributed by atoms with Gasteiger partial charge in [0.15, 0.2) is 6.29 Å². The number of ether oxygens (including phenoxy) is 3. The molecule has 280 valence electrons. The van der Waals surface area contributed by atoms with E-state index in [9.17, 15) is 24.6 Å². The van der Waals surface area contributed by atoms with Crippen LogP contribution in [0, 0.1) is 56.7 Å². The van der Waals surface area contributed by atoms with Gasteiger partial charge in [-0.1, -0.05) is 34.6 Å². The van der Waals surface area contributed by atoms with Gasteiger partial charge in [0.2, 0.25) is 11.8 Å². The minimum atomic E-state index is -1.03. The van der Waals surface area contributed by atoms with Gasteiger partial charge >= 0.3 is 5.97 Å². The van der Waals surface area contributed by atoms with Crippen LogP contribution in [0.15, 0.2) is 0 Å². The molecule has 8 aliphatic rings. The molecule has 50 heavy (non-hydrogen) atoms. The lowest BCUT2D eigenvalue weighted by atomic mass is 9.41. The number of amides is 2. The third kappa shape index (κ3) is 5.03. The molecule has 0 bridgehead atoms. The lowest BCUT2D eigenvalue weighted by Crippen LogP contribution is -2.60. The summed E-state index contributed by atoms with van der Waals surface area (Å²) in [4.78, 5) is 40.0. The molecule has 6 aliphatic carbocycles. The molecule has 2 spiro atoms. The Labute approximate surface area is 298 Å². The molecule has 10 heteroatoms. The lowest BCUT2D eigenvalue weighted by Gasteiger charge is -2.64. The maximum Gasteiger partial charge on any atom is 0.323 e. The summed E-state index contributed by atoms with van der Waals surface area (Å²) in [5.74, 6) is 1.02. The smallest absolute Gasteiger partial charge is 0.323 e. The van der Waals surface area contributed by atoms with Crippen LogP contribution in [0.4, 0.5) is 0 Å². The number of carbonyl (C=O) groups excluding carboxylic acids is 2. The molecule has 2 saturated heterocycles. The molecule has 10 nitrogen and oxygen atoms in total. The van der Waals surface area contributed by atoms with Crippen molar-refractivity contribution >= 4 is 17.8 Å². The number of hydrogen-bond acceptors (Lipinski definition) is 7. The van der Waals surface area contributed by atoms with Crippen LogP contribution < -0.4 is 0 Å². The van der Waals surface area contributed by atoms with Gasteiger partial charge in [0.05, 0.1) is 37.6 Å². The largest absolute Gasteiger partial charge is 0.480 e. The number of carbonyl (C=O) groups is 3. The van der Waals surface area contributed by atoms with Crippen molar-refractivity contribution in [2.24, 2.45) is 56.7 Å². The average molecular weight is 699 g/mol. The van der Waals surface area contributed by atoms with Gasteiger partial charge in [-0.3, -0.25) is 14.4 Å². The molecule has 0 radical (unpaired) electrons. The van der Waals surface area contributed by atoms with Gasteiger partial charge < -0.3 is 34.2 Å². The molecule has 2 aliphatic heterocycles. The van der Waals surface area contributed by atoms with Gasteiger partial charge in [0.1, 0.15) is 6.54 Å². The number of carboxylic acid groups (broad SMARTS) is 1. The second kappa shape index (κ2) is 11.9. The van der Waals surface area contributed by atoms with Gasteiger partial charge in [0, 0.05) is 31.8 Å². The first-order valence-corrected chi connectivity index (χ1v) is 19.9. The number of aliphatic hydroxyl groups excluding tert-OH is 1. The van der Waals surface area contributed by atoms with Crippen molar-refractivity contribution in [1.82, 2.24) is 9.80 Å². The number of nitrogens with zero attached hydrogens (tertiary/aromatic N) is 2. The number of aliphatic hydroxyl groups is 1. The molecule has 6 unspecified atom stereocenters. The van der Waals surface area contributed by atoms with E-state index < -0.39 is 12.1 Å². The van der Waals surface area contributed by atoms with Gasteiger partial charge in [-0.05, 0) is 115 Å². The Hall–Kier alpha value is -1.75. The van der Waals surface area contributed by atoms with E-state index in [1.165, 1.54) is 37.5 Å². The highest BCUT2D eigenvalue weighted by Gasteiger charge is 2.84. The summed E-state index contributed by atoms with van der Waals surface area (Å²) in [6, 6.07) is 0. The fourth-order valence-corrected chi connectivity index (χ4v) is 14.3. The van der Waals surface area contributed by atoms with Crippen molar-refractivity contribution in [1.29, 1.82) is 0 Å². The monoisotopic (exact) mass is 698 g/mol. The minimum absolute atomic E-state index is 0.0241. The average Bonchev–Trinajstić information content (AvgIpc) is 3.97. The first-order valence-electron chi connectivity index (χ1n) is 19.9. The van der Waals surface area contributed by atoms with E-state index in [1.54, 1.807) is 0 Å². The highest BCUT2D eigenvalue weighted by atomic mass is 16.7. The molecule has 0 aromatic rings. The fraction of sp³-hybridized carbons (Fsp3) is 0.925. The van der Waals surface area contributed by atoms with E-state index in [-0.39, 0.29) is 82.5 Å². The molecule has 13 atom stereocenters. The van der Waals surface area contributed by atoms with Crippen molar-refractivity contribution in [2.45, 2.75) is 143 Å². The first kappa shape index (κ1) is 35.3. The zero-order valence-corrected chi connectivity index (χ0v) is 31.3. The summed E-state index contributed by atoms with van der Waals surface area (Å²) < 4.78 is 19.7. The fourth-order valence-electron chi connectivity index (χ4n) is 14.3. The number of rotatable bonds is 8. The van der Waals surface area contributed by atoms with Gasteiger partial charge in [-0.2, -0.15) is 0 Å². The Balaban J connectivity index is 0.987. The molecule has 8 rings (SSSR count). The molecule has 0 aromatic carbocycles. The predicted octanol–water partition coefficient (Wildman–Crippen LogP) is 5.10. The van der Waals surface area contributed by atoms with E-state index in [1.807, 2.05) is 4.90 Å². The van der Waals surface area contributed by atoms with E-state index in [2.05, 4.69) is 34.6 Å². The van der Waals surface area contributed by atoms with E-state index in [0.29, 0.717) is 49.8 Å². The molecule has 2 heterocycles. The van der Waals surface area contributed by atoms with Gasteiger partial charge in [-0.25, -0.2) is 0 Å². The molecule has 8 fully saturated rings. The number of aliphatic carboxylic acids is 1. The van der Waals surface area contributed by atoms with E-state index in [4.69, 9.17) is 14.2 Å². The summed E-state index contributed by atoms with van der Waals surface area (Å²) in [6.45, 7) is 15.0. The molecular formula is C40H62N2O8. The maximum atomic E-state index is 12.9. The third-order valence-corrected chi connectivity index (χ3v) is 16.9. The summed E-state index contributed by atoms with van der Waals surface area (Å²) >= 11 is 0. The first-order chi connectivity index (χ1) is 23.6. The summed E-state index contributed by atoms with van der Waals surface area (Å²) in [5.41, 5.74) is 0.119. The second-order valence-corrected chi connectivity index (χ2v) is 19.3. The quantitative estimate of drug-likeness (QED) is 0.359. The van der Waals surface area contributed by atoms with Gasteiger partial charge in [0.25, 0.3) is 0 Å². The van der Waals surface area contributed by atoms with E-state index in [0.717, 1.165) is 38.5 Å². The van der Waals surface area contributed by atoms with Crippen molar-refractivity contribution in [3.63, 3.8) is 0 Å². The Morgan fingerprint density at radius 1 is 0.980 bits per heavy atom. The molecule has 6 saturated carbocycles.